The summed E-state index contributed by atoms with van der Waals surface area (Å²) in [5.41, 5.74) is 2.31. The molecule has 0 radical (unpaired) electrons. The van der Waals surface area contributed by atoms with Crippen LogP contribution in [0.4, 0.5) is 4.39 Å². The van der Waals surface area contributed by atoms with Gasteiger partial charge in [0.2, 0.25) is 0 Å². The van der Waals surface area contributed by atoms with Crippen LogP contribution in [-0.2, 0) is 0 Å². The molecular weight excluding hydrogens is 351 g/mol. The quantitative estimate of drug-likeness (QED) is 0.590. The standard InChI is InChI=1S/C13H7BrClFN2S/c14-9-3-2-8(16)6-12(9)18-11-4-1-7(15)5-10(11)17-13(18)19/h1-6H,(H,17,19). The van der Waals surface area contributed by atoms with Crippen LogP contribution >= 0.6 is 39.7 Å². The second-order valence-corrected chi connectivity index (χ2v) is 5.70. The molecule has 19 heavy (non-hydrogen) atoms. The van der Waals surface area contributed by atoms with Gasteiger partial charge in [0.15, 0.2) is 4.77 Å². The molecule has 0 bridgehead atoms. The molecule has 0 aliphatic carbocycles. The molecule has 0 aliphatic heterocycles. The van der Waals surface area contributed by atoms with Crippen molar-refractivity contribution in [3.05, 3.63) is 56.5 Å². The lowest BCUT2D eigenvalue weighted by molar-refractivity contribution is 0.626. The smallest absolute Gasteiger partial charge is 0.182 e. The second kappa shape index (κ2) is 4.74. The molecule has 1 heterocycles. The maximum Gasteiger partial charge on any atom is 0.182 e. The summed E-state index contributed by atoms with van der Waals surface area (Å²) in [4.78, 5) is 3.06. The first-order valence-corrected chi connectivity index (χ1v) is 7.00. The normalized spacial score (nSPS) is 11.1. The van der Waals surface area contributed by atoms with Gasteiger partial charge < -0.3 is 4.98 Å². The Morgan fingerprint density at radius 3 is 2.79 bits per heavy atom. The summed E-state index contributed by atoms with van der Waals surface area (Å²) in [6, 6.07) is 9.89. The van der Waals surface area contributed by atoms with Gasteiger partial charge in [0.1, 0.15) is 5.82 Å². The van der Waals surface area contributed by atoms with Crippen molar-refractivity contribution in [1.82, 2.24) is 9.55 Å². The number of H-pyrrole nitrogens is 1. The zero-order valence-electron chi connectivity index (χ0n) is 9.45. The predicted molar refractivity (Wildman–Crippen MR) is 81.1 cm³/mol. The fraction of sp³-hybridized carbons (Fsp3) is 0. The summed E-state index contributed by atoms with van der Waals surface area (Å²) >= 11 is 14.7. The van der Waals surface area contributed by atoms with Gasteiger partial charge in [-0.25, -0.2) is 4.39 Å². The molecule has 0 amide bonds. The number of imidazole rings is 1. The molecule has 0 saturated carbocycles. The van der Waals surface area contributed by atoms with Crippen molar-refractivity contribution >= 4 is 50.8 Å². The van der Waals surface area contributed by atoms with Crippen molar-refractivity contribution in [2.45, 2.75) is 0 Å². The monoisotopic (exact) mass is 356 g/mol. The van der Waals surface area contributed by atoms with E-state index in [4.69, 9.17) is 23.8 Å². The molecule has 0 spiro atoms. The molecular formula is C13H7BrClFN2S. The molecule has 0 fully saturated rings. The van der Waals surface area contributed by atoms with Gasteiger partial charge in [-0.2, -0.15) is 0 Å². The predicted octanol–water partition coefficient (Wildman–Crippen LogP) is 5.24. The molecule has 1 aromatic heterocycles. The average molecular weight is 358 g/mol. The van der Waals surface area contributed by atoms with E-state index in [1.807, 2.05) is 6.07 Å². The van der Waals surface area contributed by atoms with E-state index in [0.29, 0.717) is 15.5 Å². The first-order chi connectivity index (χ1) is 9.06. The summed E-state index contributed by atoms with van der Waals surface area (Å²) < 4.78 is 16.5. The molecule has 3 rings (SSSR count). The van der Waals surface area contributed by atoms with E-state index < -0.39 is 0 Å². The minimum absolute atomic E-state index is 0.316. The maximum absolute atomic E-state index is 13.4. The number of hydrogen-bond acceptors (Lipinski definition) is 1. The number of aromatic amines is 1. The zero-order chi connectivity index (χ0) is 13.6. The topological polar surface area (TPSA) is 20.7 Å². The molecule has 96 valence electrons. The Hall–Kier alpha value is -1.17. The van der Waals surface area contributed by atoms with Crippen molar-refractivity contribution in [3.8, 4) is 5.69 Å². The van der Waals surface area contributed by atoms with Crippen LogP contribution in [-0.4, -0.2) is 9.55 Å². The Balaban J connectivity index is 2.39. The zero-order valence-corrected chi connectivity index (χ0v) is 12.6. The third kappa shape index (κ3) is 2.22. The van der Waals surface area contributed by atoms with E-state index >= 15 is 0 Å². The fourth-order valence-electron chi connectivity index (χ4n) is 1.98. The summed E-state index contributed by atoms with van der Waals surface area (Å²) in [7, 11) is 0. The van der Waals surface area contributed by atoms with E-state index in [2.05, 4.69) is 20.9 Å². The second-order valence-electron chi connectivity index (χ2n) is 4.02. The van der Waals surface area contributed by atoms with Crippen LogP contribution in [0.5, 0.6) is 0 Å². The molecule has 0 aliphatic rings. The first-order valence-electron chi connectivity index (χ1n) is 5.42. The van der Waals surface area contributed by atoms with Gasteiger partial charge in [-0.3, -0.25) is 4.57 Å². The van der Waals surface area contributed by atoms with Gasteiger partial charge in [-0.1, -0.05) is 11.6 Å². The number of nitrogens with zero attached hydrogens (tertiary/aromatic N) is 1. The third-order valence-corrected chi connectivity index (χ3v) is 3.98. The molecule has 0 unspecified atom stereocenters. The fourth-order valence-corrected chi connectivity index (χ4v) is 2.88. The molecule has 0 atom stereocenters. The van der Waals surface area contributed by atoms with Crippen LogP contribution in [0.15, 0.2) is 40.9 Å². The Bertz CT molecular complexity index is 840. The highest BCUT2D eigenvalue weighted by Crippen LogP contribution is 2.27. The average Bonchev–Trinajstić information content (AvgIpc) is 2.67. The molecule has 2 nitrogen and oxygen atoms in total. The SMILES string of the molecule is Fc1ccc(Br)c(-n2c(=S)[nH]c3cc(Cl)ccc32)c1. The summed E-state index contributed by atoms with van der Waals surface area (Å²) in [5, 5.41) is 0.620. The van der Waals surface area contributed by atoms with E-state index in [0.717, 1.165) is 15.5 Å². The number of rotatable bonds is 1. The maximum atomic E-state index is 13.4. The van der Waals surface area contributed by atoms with Crippen LogP contribution in [0, 0.1) is 10.6 Å². The van der Waals surface area contributed by atoms with E-state index in [-0.39, 0.29) is 5.82 Å². The van der Waals surface area contributed by atoms with Gasteiger partial charge in [0.05, 0.1) is 16.7 Å². The number of hydrogen-bond donors (Lipinski definition) is 1. The molecule has 3 aromatic rings. The highest BCUT2D eigenvalue weighted by molar-refractivity contribution is 9.10. The van der Waals surface area contributed by atoms with Gasteiger partial charge in [0.25, 0.3) is 0 Å². The highest BCUT2D eigenvalue weighted by Gasteiger charge is 2.10. The molecule has 2 aromatic carbocycles. The summed E-state index contributed by atoms with van der Waals surface area (Å²) in [5.74, 6) is -0.316. The van der Waals surface area contributed by atoms with Crippen LogP contribution in [0.25, 0.3) is 16.7 Å². The van der Waals surface area contributed by atoms with E-state index in [9.17, 15) is 4.39 Å². The van der Waals surface area contributed by atoms with Crippen molar-refractivity contribution in [2.24, 2.45) is 0 Å². The van der Waals surface area contributed by atoms with E-state index in [1.54, 1.807) is 22.8 Å². The molecule has 1 N–H and O–H groups in total. The van der Waals surface area contributed by atoms with Crippen molar-refractivity contribution in [1.29, 1.82) is 0 Å². The van der Waals surface area contributed by atoms with Crippen molar-refractivity contribution < 1.29 is 4.39 Å². The lowest BCUT2D eigenvalue weighted by atomic mass is 10.2. The summed E-state index contributed by atoms with van der Waals surface area (Å²) in [6.45, 7) is 0. The van der Waals surface area contributed by atoms with Crippen LogP contribution in [0.2, 0.25) is 5.02 Å². The number of halogens is 3. The highest BCUT2D eigenvalue weighted by atomic mass is 79.9. The number of benzene rings is 2. The van der Waals surface area contributed by atoms with E-state index in [1.165, 1.54) is 12.1 Å². The number of fused-ring (bicyclic) bond motifs is 1. The first kappa shape index (κ1) is 12.8. The summed E-state index contributed by atoms with van der Waals surface area (Å²) in [6.07, 6.45) is 0. The van der Waals surface area contributed by atoms with Gasteiger partial charge in [-0.15, -0.1) is 0 Å². The van der Waals surface area contributed by atoms with Crippen LogP contribution in [0.3, 0.4) is 0 Å². The number of aromatic nitrogens is 2. The Morgan fingerprint density at radius 1 is 1.21 bits per heavy atom. The Morgan fingerprint density at radius 2 is 2.00 bits per heavy atom. The lowest BCUT2D eigenvalue weighted by Gasteiger charge is -2.07. The van der Waals surface area contributed by atoms with Gasteiger partial charge in [0, 0.05) is 9.50 Å². The Labute approximate surface area is 127 Å². The minimum Gasteiger partial charge on any atom is -0.330 e. The Kier molecular flexibility index (Phi) is 3.20. The van der Waals surface area contributed by atoms with Crippen molar-refractivity contribution in [2.75, 3.05) is 0 Å². The van der Waals surface area contributed by atoms with Crippen LogP contribution < -0.4 is 0 Å². The number of nitrogens with one attached hydrogen (secondary N) is 1. The molecule has 6 heteroatoms. The minimum atomic E-state index is -0.316. The lowest BCUT2D eigenvalue weighted by Crippen LogP contribution is -1.96. The third-order valence-electron chi connectivity index (χ3n) is 2.79. The van der Waals surface area contributed by atoms with Gasteiger partial charge in [-0.05, 0) is 64.5 Å². The molecule has 0 saturated heterocycles. The van der Waals surface area contributed by atoms with Gasteiger partial charge >= 0.3 is 0 Å². The van der Waals surface area contributed by atoms with Crippen molar-refractivity contribution in [3.63, 3.8) is 0 Å². The largest absolute Gasteiger partial charge is 0.330 e. The van der Waals surface area contributed by atoms with Crippen LogP contribution in [0.1, 0.15) is 0 Å².